The molecule has 2 aromatic carbocycles. The van der Waals surface area contributed by atoms with Gasteiger partial charge < -0.3 is 30.4 Å². The van der Waals surface area contributed by atoms with Crippen molar-refractivity contribution in [3.8, 4) is 16.9 Å². The number of imidazole rings is 1. The Morgan fingerprint density at radius 2 is 1.88 bits per heavy atom. The number of hydrogen-bond acceptors (Lipinski definition) is 6. The van der Waals surface area contributed by atoms with E-state index in [2.05, 4.69) is 11.6 Å². The maximum Gasteiger partial charge on any atom is 0.137 e. The number of rotatable bonds is 11. The number of aliphatic hydroxyl groups is 3. The van der Waals surface area contributed by atoms with E-state index in [4.69, 9.17) is 15.6 Å². The summed E-state index contributed by atoms with van der Waals surface area (Å²) >= 11 is 0. The number of allylic oxidation sites excluding steroid dienone is 1. The first-order valence-electron chi connectivity index (χ1n) is 10.6. The molecule has 32 heavy (non-hydrogen) atoms. The Morgan fingerprint density at radius 3 is 2.53 bits per heavy atom. The van der Waals surface area contributed by atoms with Gasteiger partial charge in [-0.25, -0.2) is 4.98 Å². The Hall–Kier alpha value is -2.97. The van der Waals surface area contributed by atoms with Gasteiger partial charge in [0.2, 0.25) is 0 Å². The highest BCUT2D eigenvalue weighted by Crippen LogP contribution is 2.32. The second kappa shape index (κ2) is 11.1. The van der Waals surface area contributed by atoms with Crippen LogP contribution in [0.3, 0.4) is 0 Å². The van der Waals surface area contributed by atoms with Gasteiger partial charge in [0.25, 0.3) is 0 Å². The first kappa shape index (κ1) is 23.7. The van der Waals surface area contributed by atoms with Gasteiger partial charge in [-0.3, -0.25) is 0 Å². The van der Waals surface area contributed by atoms with Gasteiger partial charge in [0.15, 0.2) is 0 Å². The monoisotopic (exact) mass is 437 g/mol. The quantitative estimate of drug-likeness (QED) is 0.343. The van der Waals surface area contributed by atoms with Crippen molar-refractivity contribution in [3.05, 3.63) is 85.0 Å². The zero-order chi connectivity index (χ0) is 23.1. The van der Waals surface area contributed by atoms with E-state index in [1.165, 1.54) is 0 Å². The molecule has 4 unspecified atom stereocenters. The maximum atomic E-state index is 10.8. The van der Waals surface area contributed by atoms with Crippen LogP contribution >= 0.6 is 0 Å². The van der Waals surface area contributed by atoms with Crippen molar-refractivity contribution >= 4 is 0 Å². The van der Waals surface area contributed by atoms with Crippen LogP contribution in [0.2, 0.25) is 0 Å². The lowest BCUT2D eigenvalue weighted by atomic mass is 9.98. The molecule has 1 aromatic heterocycles. The molecule has 7 nitrogen and oxygen atoms in total. The van der Waals surface area contributed by atoms with Crippen molar-refractivity contribution in [2.45, 2.75) is 37.6 Å². The number of nitrogens with zero attached hydrogens (tertiary/aromatic N) is 2. The van der Waals surface area contributed by atoms with Crippen LogP contribution in [0.5, 0.6) is 5.75 Å². The fraction of sp³-hybridized carbons (Fsp3) is 0.320. The third kappa shape index (κ3) is 5.63. The molecule has 0 aliphatic heterocycles. The third-order valence-electron chi connectivity index (χ3n) is 5.35. The van der Waals surface area contributed by atoms with E-state index in [0.717, 1.165) is 16.7 Å². The molecule has 170 valence electrons. The molecule has 0 amide bonds. The third-order valence-corrected chi connectivity index (χ3v) is 5.35. The van der Waals surface area contributed by atoms with E-state index in [0.29, 0.717) is 18.0 Å². The van der Waals surface area contributed by atoms with Gasteiger partial charge in [0.1, 0.15) is 24.3 Å². The highest BCUT2D eigenvalue weighted by Gasteiger charge is 2.19. The molecule has 0 bridgehead atoms. The normalized spacial score (nSPS) is 15.0. The second-order valence-corrected chi connectivity index (χ2v) is 7.80. The molecular weight excluding hydrogens is 406 g/mol. The number of hydrogen-bond donors (Lipinski definition) is 4. The van der Waals surface area contributed by atoms with E-state index in [1.807, 2.05) is 53.1 Å². The summed E-state index contributed by atoms with van der Waals surface area (Å²) in [7, 11) is 0. The van der Waals surface area contributed by atoms with Crippen LogP contribution < -0.4 is 10.5 Å². The zero-order valence-electron chi connectivity index (χ0n) is 18.2. The van der Waals surface area contributed by atoms with E-state index >= 15 is 0 Å². The molecule has 3 aromatic rings. The fourth-order valence-electron chi connectivity index (χ4n) is 3.58. The molecule has 5 N–H and O–H groups in total. The molecule has 0 saturated carbocycles. The first-order valence-corrected chi connectivity index (χ1v) is 10.6. The highest BCUT2D eigenvalue weighted by atomic mass is 16.5. The van der Waals surface area contributed by atoms with Gasteiger partial charge in [0.05, 0.1) is 24.8 Å². The molecule has 0 saturated heterocycles. The average molecular weight is 438 g/mol. The van der Waals surface area contributed by atoms with Gasteiger partial charge in [-0.05, 0) is 24.1 Å². The van der Waals surface area contributed by atoms with Crippen molar-refractivity contribution in [2.24, 2.45) is 5.73 Å². The smallest absolute Gasteiger partial charge is 0.137 e. The van der Waals surface area contributed by atoms with Crippen LogP contribution in [0, 0.1) is 0 Å². The molecular formula is C25H31N3O4. The predicted octanol–water partition coefficient (Wildman–Crippen LogP) is 3.15. The number of benzene rings is 2. The summed E-state index contributed by atoms with van der Waals surface area (Å²) in [6, 6.07) is 14.6. The van der Waals surface area contributed by atoms with Crippen molar-refractivity contribution in [2.75, 3.05) is 13.2 Å². The van der Waals surface area contributed by atoms with Crippen LogP contribution in [0.1, 0.15) is 43.0 Å². The molecule has 3 rings (SSSR count). The summed E-state index contributed by atoms with van der Waals surface area (Å²) in [6.45, 7) is 5.62. The van der Waals surface area contributed by atoms with Gasteiger partial charge in [-0.15, -0.1) is 6.58 Å². The zero-order valence-corrected chi connectivity index (χ0v) is 18.2. The molecule has 0 radical (unpaired) electrons. The van der Waals surface area contributed by atoms with Gasteiger partial charge >= 0.3 is 0 Å². The Morgan fingerprint density at radius 1 is 1.16 bits per heavy atom. The van der Waals surface area contributed by atoms with Gasteiger partial charge in [0, 0.05) is 24.4 Å². The molecule has 4 atom stereocenters. The summed E-state index contributed by atoms with van der Waals surface area (Å²) in [5, 5.41) is 29.9. The number of para-hydroxylation sites is 1. The number of nitrogens with two attached hydrogens (primary N) is 1. The second-order valence-electron chi connectivity index (χ2n) is 7.80. The minimum atomic E-state index is -0.717. The molecule has 0 aliphatic rings. The minimum absolute atomic E-state index is 0.141. The van der Waals surface area contributed by atoms with Crippen LogP contribution in [0.25, 0.3) is 11.1 Å². The lowest BCUT2D eigenvalue weighted by Gasteiger charge is -2.22. The van der Waals surface area contributed by atoms with E-state index in [9.17, 15) is 10.2 Å². The largest absolute Gasteiger partial charge is 0.491 e. The molecule has 0 spiro atoms. The van der Waals surface area contributed by atoms with Crippen LogP contribution in [0.15, 0.2) is 73.6 Å². The first-order chi connectivity index (χ1) is 15.4. The van der Waals surface area contributed by atoms with Gasteiger partial charge in [-0.2, -0.15) is 0 Å². The SMILES string of the molecule is C=CC(CC(O)c1ccc(-c2ccccc2OCC(N)CO)cc1)n1ccnc1C(C)O. The highest BCUT2D eigenvalue weighted by molar-refractivity contribution is 5.70. The standard InChI is InChI=1S/C25H31N3O4/c1-3-21(28-13-12-27-25(28)17(2)30)14-23(31)19-10-8-18(9-11-19)22-6-4-5-7-24(22)32-16-20(26)15-29/h3-13,17,20-21,23,29-31H,1,14-16,26H2,2H3. The lowest BCUT2D eigenvalue weighted by Crippen LogP contribution is -2.31. The van der Waals surface area contributed by atoms with Crippen molar-refractivity contribution in [1.29, 1.82) is 0 Å². The molecule has 0 fully saturated rings. The van der Waals surface area contributed by atoms with Crippen molar-refractivity contribution in [3.63, 3.8) is 0 Å². The predicted molar refractivity (Wildman–Crippen MR) is 124 cm³/mol. The van der Waals surface area contributed by atoms with Gasteiger partial charge in [-0.1, -0.05) is 48.5 Å². The maximum absolute atomic E-state index is 10.8. The van der Waals surface area contributed by atoms with Crippen molar-refractivity contribution in [1.82, 2.24) is 9.55 Å². The number of aromatic nitrogens is 2. The Kier molecular flexibility index (Phi) is 8.19. The molecule has 0 aliphatic carbocycles. The average Bonchev–Trinajstić information content (AvgIpc) is 3.31. The van der Waals surface area contributed by atoms with E-state index < -0.39 is 18.2 Å². The molecule has 7 heteroatoms. The summed E-state index contributed by atoms with van der Waals surface area (Å²) in [6.07, 6.45) is 4.13. The fourth-order valence-corrected chi connectivity index (χ4v) is 3.58. The summed E-state index contributed by atoms with van der Waals surface area (Å²) in [5.41, 5.74) is 8.37. The van der Waals surface area contributed by atoms with E-state index in [1.54, 1.807) is 25.4 Å². The van der Waals surface area contributed by atoms with Crippen molar-refractivity contribution < 1.29 is 20.1 Å². The number of aliphatic hydroxyl groups excluding tert-OH is 3. The van der Waals surface area contributed by atoms with E-state index in [-0.39, 0.29) is 19.3 Å². The Labute approximate surface area is 188 Å². The number of ether oxygens (including phenoxy) is 1. The van der Waals surface area contributed by atoms with Crippen LogP contribution in [0.4, 0.5) is 0 Å². The van der Waals surface area contributed by atoms with Crippen LogP contribution in [-0.2, 0) is 0 Å². The Bertz CT molecular complexity index is 1000. The summed E-state index contributed by atoms with van der Waals surface area (Å²) in [5.74, 6) is 1.22. The summed E-state index contributed by atoms with van der Waals surface area (Å²) in [4.78, 5) is 4.20. The van der Waals surface area contributed by atoms with Crippen LogP contribution in [-0.4, -0.2) is 44.1 Å². The summed E-state index contributed by atoms with van der Waals surface area (Å²) < 4.78 is 7.62. The topological polar surface area (TPSA) is 114 Å². The Balaban J connectivity index is 1.74. The lowest BCUT2D eigenvalue weighted by molar-refractivity contribution is 0.146. The minimum Gasteiger partial charge on any atom is -0.491 e. The molecule has 1 heterocycles.